The number of pyridine rings is 1. The molecule has 4 nitrogen and oxygen atoms in total. The van der Waals surface area contributed by atoms with Crippen molar-refractivity contribution in [1.29, 1.82) is 0 Å². The summed E-state index contributed by atoms with van der Waals surface area (Å²) in [6.45, 7) is 4.03. The van der Waals surface area contributed by atoms with Crippen LogP contribution in [0.4, 0.5) is 0 Å². The number of carbonyl (C=O) groups is 1. The van der Waals surface area contributed by atoms with Crippen LogP contribution in [0.2, 0.25) is 0 Å². The minimum atomic E-state index is -0.348. The molecular formula is C13H15N3OS. The molecule has 2 heterocycles. The van der Waals surface area contributed by atoms with Crippen molar-refractivity contribution in [1.82, 2.24) is 9.97 Å². The molecule has 94 valence electrons. The quantitative estimate of drug-likeness (QED) is 0.916. The zero-order chi connectivity index (χ0) is 13.1. The minimum absolute atomic E-state index is 0.202. The van der Waals surface area contributed by atoms with Gasteiger partial charge in [-0.3, -0.25) is 9.78 Å². The lowest BCUT2D eigenvalue weighted by atomic mass is 10.2. The molecule has 2 rings (SSSR count). The Balaban J connectivity index is 2.35. The van der Waals surface area contributed by atoms with Gasteiger partial charge < -0.3 is 5.73 Å². The highest BCUT2D eigenvalue weighted by molar-refractivity contribution is 7.15. The van der Waals surface area contributed by atoms with E-state index in [1.54, 1.807) is 17.5 Å². The number of rotatable bonds is 4. The lowest BCUT2D eigenvalue weighted by molar-refractivity contribution is -0.117. The number of nitrogens with zero attached hydrogens (tertiary/aromatic N) is 2. The molecule has 0 radical (unpaired) electrons. The first-order valence-electron chi connectivity index (χ1n) is 5.80. The Morgan fingerprint density at radius 2 is 2.28 bits per heavy atom. The van der Waals surface area contributed by atoms with Crippen molar-refractivity contribution in [3.05, 3.63) is 34.6 Å². The lowest BCUT2D eigenvalue weighted by Crippen LogP contribution is -2.14. The maximum Gasteiger partial charge on any atom is 0.223 e. The zero-order valence-corrected chi connectivity index (χ0v) is 11.3. The molecule has 0 aliphatic rings. The topological polar surface area (TPSA) is 68.9 Å². The average Bonchev–Trinajstić information content (AvgIpc) is 2.70. The second-order valence-electron chi connectivity index (χ2n) is 4.05. The first kappa shape index (κ1) is 12.7. The van der Waals surface area contributed by atoms with Gasteiger partial charge in [0.1, 0.15) is 5.01 Å². The van der Waals surface area contributed by atoms with E-state index >= 15 is 0 Å². The van der Waals surface area contributed by atoms with Crippen LogP contribution in [0.15, 0.2) is 18.3 Å². The fourth-order valence-corrected chi connectivity index (χ4v) is 2.61. The number of thiazole rings is 1. The number of aryl methyl sites for hydroxylation is 2. The monoisotopic (exact) mass is 261 g/mol. The molecule has 0 saturated heterocycles. The molecule has 2 aromatic heterocycles. The molecule has 1 amide bonds. The normalized spacial score (nSPS) is 10.6. The van der Waals surface area contributed by atoms with Crippen molar-refractivity contribution >= 4 is 17.2 Å². The summed E-state index contributed by atoms with van der Waals surface area (Å²) in [4.78, 5) is 20.7. The number of carbonyl (C=O) groups excluding carboxylic acids is 1. The molecule has 0 aliphatic heterocycles. The van der Waals surface area contributed by atoms with Crippen LogP contribution in [-0.2, 0) is 17.6 Å². The summed E-state index contributed by atoms with van der Waals surface area (Å²) >= 11 is 1.58. The number of hydrogen-bond acceptors (Lipinski definition) is 4. The summed E-state index contributed by atoms with van der Waals surface area (Å²) in [6, 6.07) is 3.97. The second-order valence-corrected chi connectivity index (χ2v) is 5.26. The largest absolute Gasteiger partial charge is 0.369 e. The van der Waals surface area contributed by atoms with Crippen LogP contribution < -0.4 is 5.73 Å². The van der Waals surface area contributed by atoms with Gasteiger partial charge in [0, 0.05) is 22.3 Å². The third-order valence-corrected chi connectivity index (χ3v) is 3.72. The van der Waals surface area contributed by atoms with Crippen LogP contribution in [0.3, 0.4) is 0 Å². The Morgan fingerprint density at radius 3 is 2.94 bits per heavy atom. The number of aromatic nitrogens is 2. The van der Waals surface area contributed by atoms with Gasteiger partial charge >= 0.3 is 0 Å². The van der Waals surface area contributed by atoms with Gasteiger partial charge in [-0.05, 0) is 25.5 Å². The van der Waals surface area contributed by atoms with Crippen LogP contribution in [-0.4, -0.2) is 15.9 Å². The summed E-state index contributed by atoms with van der Waals surface area (Å²) in [5, 5.41) is 0.917. The van der Waals surface area contributed by atoms with Crippen LogP contribution >= 0.6 is 11.3 Å². The minimum Gasteiger partial charge on any atom is -0.369 e. The third-order valence-electron chi connectivity index (χ3n) is 2.66. The molecule has 5 heteroatoms. The van der Waals surface area contributed by atoms with Gasteiger partial charge in [-0.25, -0.2) is 4.98 Å². The number of amides is 1. The van der Waals surface area contributed by atoms with Crippen LogP contribution in [0.25, 0.3) is 10.6 Å². The van der Waals surface area contributed by atoms with Gasteiger partial charge in [-0.2, -0.15) is 0 Å². The average molecular weight is 261 g/mol. The first-order chi connectivity index (χ1) is 8.60. The SMILES string of the molecule is CCc1cc(-c2nc(CC(N)=O)c(C)s2)ccn1. The molecule has 0 atom stereocenters. The van der Waals surface area contributed by atoms with E-state index in [1.807, 2.05) is 19.1 Å². The predicted molar refractivity (Wildman–Crippen MR) is 72.4 cm³/mol. The van der Waals surface area contributed by atoms with Crippen LogP contribution in [0.1, 0.15) is 23.2 Å². The van der Waals surface area contributed by atoms with Crippen molar-refractivity contribution in [2.45, 2.75) is 26.7 Å². The molecule has 0 spiro atoms. The van der Waals surface area contributed by atoms with Crippen molar-refractivity contribution in [3.63, 3.8) is 0 Å². The van der Waals surface area contributed by atoms with E-state index in [4.69, 9.17) is 5.73 Å². The Kier molecular flexibility index (Phi) is 3.72. The molecule has 0 bridgehead atoms. The maximum absolute atomic E-state index is 10.9. The van der Waals surface area contributed by atoms with Gasteiger partial charge in [-0.1, -0.05) is 6.92 Å². The number of hydrogen-bond donors (Lipinski definition) is 1. The van der Waals surface area contributed by atoms with Crippen molar-refractivity contribution in [3.8, 4) is 10.6 Å². The van der Waals surface area contributed by atoms with Gasteiger partial charge in [0.15, 0.2) is 0 Å². The molecule has 0 saturated carbocycles. The smallest absolute Gasteiger partial charge is 0.223 e. The fraction of sp³-hybridized carbons (Fsp3) is 0.308. The van der Waals surface area contributed by atoms with Crippen molar-refractivity contribution in [2.24, 2.45) is 5.73 Å². The van der Waals surface area contributed by atoms with E-state index in [0.29, 0.717) is 0 Å². The second kappa shape index (κ2) is 5.27. The molecule has 0 aliphatic carbocycles. The van der Waals surface area contributed by atoms with Gasteiger partial charge in [-0.15, -0.1) is 11.3 Å². The van der Waals surface area contributed by atoms with Gasteiger partial charge in [0.25, 0.3) is 0 Å². The summed E-state index contributed by atoms with van der Waals surface area (Å²) in [6.07, 6.45) is 2.89. The van der Waals surface area contributed by atoms with E-state index in [-0.39, 0.29) is 12.3 Å². The third kappa shape index (κ3) is 2.73. The highest BCUT2D eigenvalue weighted by Gasteiger charge is 2.11. The number of nitrogens with two attached hydrogens (primary N) is 1. The highest BCUT2D eigenvalue weighted by atomic mass is 32.1. The van der Waals surface area contributed by atoms with E-state index in [9.17, 15) is 4.79 Å². The van der Waals surface area contributed by atoms with Crippen LogP contribution in [0, 0.1) is 6.92 Å². The summed E-state index contributed by atoms with van der Waals surface area (Å²) in [5.41, 5.74) is 8.06. The first-order valence-corrected chi connectivity index (χ1v) is 6.61. The number of primary amides is 1. The molecule has 18 heavy (non-hydrogen) atoms. The highest BCUT2D eigenvalue weighted by Crippen LogP contribution is 2.28. The predicted octanol–water partition coefficient (Wildman–Crippen LogP) is 2.10. The zero-order valence-electron chi connectivity index (χ0n) is 10.4. The van der Waals surface area contributed by atoms with Crippen molar-refractivity contribution < 1.29 is 4.79 Å². The Labute approximate surface area is 110 Å². The molecule has 2 aromatic rings. The maximum atomic E-state index is 10.9. The molecular weight excluding hydrogens is 246 g/mol. The van der Waals surface area contributed by atoms with Crippen LogP contribution in [0.5, 0.6) is 0 Å². The van der Waals surface area contributed by atoms with E-state index in [1.165, 1.54) is 0 Å². The Hall–Kier alpha value is -1.75. The van der Waals surface area contributed by atoms with E-state index < -0.39 is 0 Å². The molecule has 0 fully saturated rings. The van der Waals surface area contributed by atoms with E-state index in [0.717, 1.165) is 33.3 Å². The molecule has 0 aromatic carbocycles. The standard InChI is InChI=1S/C13H15N3OS/c1-3-10-6-9(4-5-15-10)13-16-11(7-12(14)17)8(2)18-13/h4-6H,3,7H2,1-2H3,(H2,14,17). The molecule has 2 N–H and O–H groups in total. The van der Waals surface area contributed by atoms with Gasteiger partial charge in [0.05, 0.1) is 12.1 Å². The lowest BCUT2D eigenvalue weighted by Gasteiger charge is -1.98. The molecule has 0 unspecified atom stereocenters. The Morgan fingerprint density at radius 1 is 1.50 bits per heavy atom. The van der Waals surface area contributed by atoms with Gasteiger partial charge in [0.2, 0.25) is 5.91 Å². The Bertz CT molecular complexity index is 577. The summed E-state index contributed by atoms with van der Waals surface area (Å²) in [5.74, 6) is -0.348. The van der Waals surface area contributed by atoms with E-state index in [2.05, 4.69) is 16.9 Å². The van der Waals surface area contributed by atoms with Crippen molar-refractivity contribution in [2.75, 3.05) is 0 Å². The summed E-state index contributed by atoms with van der Waals surface area (Å²) in [7, 11) is 0. The fourth-order valence-electron chi connectivity index (χ4n) is 1.69. The summed E-state index contributed by atoms with van der Waals surface area (Å²) < 4.78 is 0.